The van der Waals surface area contributed by atoms with E-state index in [0.29, 0.717) is 16.9 Å². The lowest BCUT2D eigenvalue weighted by Gasteiger charge is -2.37. The maximum absolute atomic E-state index is 12.1. The summed E-state index contributed by atoms with van der Waals surface area (Å²) in [5, 5.41) is 0.630. The Labute approximate surface area is 120 Å². The molecule has 1 fully saturated rings. The highest BCUT2D eigenvalue weighted by Crippen LogP contribution is 2.28. The summed E-state index contributed by atoms with van der Waals surface area (Å²) in [6, 6.07) is 7.23. The molecular formula is C16H22ClNO. The van der Waals surface area contributed by atoms with Crippen molar-refractivity contribution in [1.82, 2.24) is 4.90 Å². The zero-order valence-corrected chi connectivity index (χ0v) is 12.5. The van der Waals surface area contributed by atoms with Crippen molar-refractivity contribution in [3.63, 3.8) is 0 Å². The molecule has 3 heteroatoms. The molecule has 0 N–H and O–H groups in total. The van der Waals surface area contributed by atoms with Crippen molar-refractivity contribution >= 4 is 17.4 Å². The van der Waals surface area contributed by atoms with Gasteiger partial charge in [-0.3, -0.25) is 4.79 Å². The molecule has 0 aromatic heterocycles. The van der Waals surface area contributed by atoms with Crippen molar-refractivity contribution in [2.75, 3.05) is 19.6 Å². The number of rotatable bonds is 4. The molecule has 2 rings (SSSR count). The van der Waals surface area contributed by atoms with Crippen LogP contribution in [0.3, 0.4) is 0 Å². The third kappa shape index (κ3) is 4.32. The molecule has 1 heterocycles. The minimum Gasteiger partial charge on any atom is -0.302 e. The predicted octanol–water partition coefficient (Wildman–Crippen LogP) is 4.03. The molecule has 0 saturated carbocycles. The Morgan fingerprint density at radius 3 is 2.89 bits per heavy atom. The number of likely N-dealkylation sites (tertiary alicyclic amines) is 1. The van der Waals surface area contributed by atoms with E-state index in [9.17, 15) is 4.79 Å². The maximum Gasteiger partial charge on any atom is 0.164 e. The third-order valence-electron chi connectivity index (χ3n) is 3.78. The van der Waals surface area contributed by atoms with E-state index in [1.54, 1.807) is 12.1 Å². The molecule has 0 aliphatic carbocycles. The quantitative estimate of drug-likeness (QED) is 0.776. The number of hydrogen-bond acceptors (Lipinski definition) is 2. The lowest BCUT2D eigenvalue weighted by Crippen LogP contribution is -2.40. The van der Waals surface area contributed by atoms with Gasteiger partial charge in [0, 0.05) is 30.1 Å². The van der Waals surface area contributed by atoms with Crippen molar-refractivity contribution in [1.29, 1.82) is 0 Å². The van der Waals surface area contributed by atoms with Crippen LogP contribution in [0.1, 0.15) is 43.5 Å². The van der Waals surface area contributed by atoms with Crippen LogP contribution in [0.4, 0.5) is 0 Å². The molecule has 104 valence electrons. The van der Waals surface area contributed by atoms with Gasteiger partial charge in [0.2, 0.25) is 0 Å². The second-order valence-electron chi connectivity index (χ2n) is 6.23. The molecule has 19 heavy (non-hydrogen) atoms. The van der Waals surface area contributed by atoms with E-state index in [0.717, 1.165) is 25.2 Å². The van der Waals surface area contributed by atoms with Crippen LogP contribution in [-0.2, 0) is 0 Å². The molecule has 1 saturated heterocycles. The molecule has 0 bridgehead atoms. The minimum absolute atomic E-state index is 0.186. The molecule has 1 aliphatic rings. The predicted molar refractivity (Wildman–Crippen MR) is 79.9 cm³/mol. The van der Waals surface area contributed by atoms with Crippen LogP contribution in [0, 0.1) is 5.41 Å². The number of benzene rings is 1. The summed E-state index contributed by atoms with van der Waals surface area (Å²) in [6.07, 6.45) is 3.10. The molecule has 2 nitrogen and oxygen atoms in total. The molecule has 1 aromatic carbocycles. The smallest absolute Gasteiger partial charge is 0.164 e. The highest BCUT2D eigenvalue weighted by atomic mass is 35.5. The summed E-state index contributed by atoms with van der Waals surface area (Å²) in [4.78, 5) is 14.5. The van der Waals surface area contributed by atoms with E-state index in [-0.39, 0.29) is 5.78 Å². The fourth-order valence-corrected chi connectivity index (χ4v) is 2.99. The first-order valence-corrected chi connectivity index (χ1v) is 7.35. The molecule has 0 amide bonds. The normalized spacial score (nSPS) is 19.3. The highest BCUT2D eigenvalue weighted by molar-refractivity contribution is 6.31. The Morgan fingerprint density at radius 2 is 2.21 bits per heavy atom. The van der Waals surface area contributed by atoms with Gasteiger partial charge in [0.05, 0.1) is 0 Å². The minimum atomic E-state index is 0.186. The summed E-state index contributed by atoms with van der Waals surface area (Å²) in [5.74, 6) is 0.186. The number of Topliss-reactive ketones (excluding diaryl/α,β-unsaturated/α-hetero) is 1. The van der Waals surface area contributed by atoms with Crippen LogP contribution < -0.4 is 0 Å². The Morgan fingerprint density at radius 1 is 1.42 bits per heavy atom. The van der Waals surface area contributed by atoms with E-state index in [1.807, 2.05) is 12.1 Å². The van der Waals surface area contributed by atoms with Gasteiger partial charge in [-0.2, -0.15) is 0 Å². The Kier molecular flexibility index (Phi) is 4.64. The van der Waals surface area contributed by atoms with Gasteiger partial charge in [-0.15, -0.1) is 0 Å². The van der Waals surface area contributed by atoms with Gasteiger partial charge >= 0.3 is 0 Å². The number of hydrogen-bond donors (Lipinski definition) is 0. The number of nitrogens with zero attached hydrogens (tertiary/aromatic N) is 1. The van der Waals surface area contributed by atoms with E-state index < -0.39 is 0 Å². The van der Waals surface area contributed by atoms with Crippen LogP contribution in [-0.4, -0.2) is 30.3 Å². The average Bonchev–Trinajstić information content (AvgIpc) is 2.35. The summed E-state index contributed by atoms with van der Waals surface area (Å²) in [6.45, 7) is 7.67. The summed E-state index contributed by atoms with van der Waals surface area (Å²) >= 11 is 5.91. The van der Waals surface area contributed by atoms with Crippen LogP contribution in [0.15, 0.2) is 24.3 Å². The maximum atomic E-state index is 12.1. The van der Waals surface area contributed by atoms with Crippen LogP contribution in [0.2, 0.25) is 5.02 Å². The number of halogens is 1. The number of carbonyl (C=O) groups is 1. The van der Waals surface area contributed by atoms with Crippen molar-refractivity contribution in [2.24, 2.45) is 5.41 Å². The molecule has 1 aliphatic heterocycles. The van der Waals surface area contributed by atoms with E-state index in [4.69, 9.17) is 11.6 Å². The lowest BCUT2D eigenvalue weighted by atomic mass is 9.84. The van der Waals surface area contributed by atoms with Crippen LogP contribution >= 0.6 is 11.6 Å². The van der Waals surface area contributed by atoms with E-state index in [2.05, 4.69) is 18.7 Å². The number of ketones is 1. The van der Waals surface area contributed by atoms with Gasteiger partial charge < -0.3 is 4.90 Å². The molecule has 0 atom stereocenters. The average molecular weight is 280 g/mol. The van der Waals surface area contributed by atoms with Crippen molar-refractivity contribution in [3.05, 3.63) is 34.9 Å². The SMILES string of the molecule is CC1(C)CCCN(CCC(=O)c2cccc(Cl)c2)C1. The molecule has 0 radical (unpaired) electrons. The van der Waals surface area contributed by atoms with Gasteiger partial charge in [0.15, 0.2) is 5.78 Å². The second-order valence-corrected chi connectivity index (χ2v) is 6.66. The summed E-state index contributed by atoms with van der Waals surface area (Å²) in [5.41, 5.74) is 1.11. The zero-order valence-electron chi connectivity index (χ0n) is 11.8. The lowest BCUT2D eigenvalue weighted by molar-refractivity contribution is 0.0896. The topological polar surface area (TPSA) is 20.3 Å². The largest absolute Gasteiger partial charge is 0.302 e. The monoisotopic (exact) mass is 279 g/mol. The first kappa shape index (κ1) is 14.5. The fraction of sp³-hybridized carbons (Fsp3) is 0.562. The Bertz CT molecular complexity index is 456. The Hall–Kier alpha value is -0.860. The van der Waals surface area contributed by atoms with Crippen LogP contribution in [0.25, 0.3) is 0 Å². The fourth-order valence-electron chi connectivity index (χ4n) is 2.80. The van der Waals surface area contributed by atoms with Gasteiger partial charge in [-0.05, 0) is 36.9 Å². The summed E-state index contributed by atoms with van der Waals surface area (Å²) < 4.78 is 0. The third-order valence-corrected chi connectivity index (χ3v) is 4.02. The standard InChI is InChI=1S/C16H22ClNO/c1-16(2)8-4-9-18(12-16)10-7-15(19)13-5-3-6-14(17)11-13/h3,5-6,11H,4,7-10,12H2,1-2H3. The highest BCUT2D eigenvalue weighted by Gasteiger charge is 2.26. The van der Waals surface area contributed by atoms with Gasteiger partial charge in [0.25, 0.3) is 0 Å². The number of piperidine rings is 1. The summed E-state index contributed by atoms with van der Waals surface area (Å²) in [7, 11) is 0. The second kappa shape index (κ2) is 6.06. The Balaban J connectivity index is 1.87. The van der Waals surface area contributed by atoms with Gasteiger partial charge in [-0.25, -0.2) is 0 Å². The van der Waals surface area contributed by atoms with Crippen molar-refractivity contribution in [2.45, 2.75) is 33.1 Å². The van der Waals surface area contributed by atoms with E-state index >= 15 is 0 Å². The van der Waals surface area contributed by atoms with Crippen molar-refractivity contribution in [3.8, 4) is 0 Å². The first-order valence-electron chi connectivity index (χ1n) is 6.97. The zero-order chi connectivity index (χ0) is 13.9. The molecule has 0 unspecified atom stereocenters. The van der Waals surface area contributed by atoms with Crippen LogP contribution in [0.5, 0.6) is 0 Å². The molecule has 1 aromatic rings. The number of carbonyl (C=O) groups excluding carboxylic acids is 1. The first-order chi connectivity index (χ1) is 8.96. The van der Waals surface area contributed by atoms with Gasteiger partial charge in [0.1, 0.15) is 0 Å². The molecule has 0 spiro atoms. The van der Waals surface area contributed by atoms with Gasteiger partial charge in [-0.1, -0.05) is 37.6 Å². The molecular weight excluding hydrogens is 258 g/mol. The van der Waals surface area contributed by atoms with E-state index in [1.165, 1.54) is 12.8 Å². The van der Waals surface area contributed by atoms with Crippen molar-refractivity contribution < 1.29 is 4.79 Å².